The molecule has 1 aromatic rings. The number of halogens is 1. The number of hydrogen-bond donors (Lipinski definition) is 2. The van der Waals surface area contributed by atoms with Crippen LogP contribution in [0.25, 0.3) is 0 Å². The number of likely N-dealkylation sites (tertiary alicyclic amines) is 1. The molecular weight excluding hydrogens is 405 g/mol. The summed E-state index contributed by atoms with van der Waals surface area (Å²) in [5.41, 5.74) is 2.18. The molecule has 1 saturated heterocycles. The van der Waals surface area contributed by atoms with Gasteiger partial charge >= 0.3 is 0 Å². The highest BCUT2D eigenvalue weighted by Gasteiger charge is 2.34. The minimum Gasteiger partial charge on any atom is -0.361 e. The minimum absolute atomic E-state index is 0. The van der Waals surface area contributed by atoms with E-state index in [1.165, 1.54) is 31.4 Å². The predicted molar refractivity (Wildman–Crippen MR) is 103 cm³/mol. The fourth-order valence-corrected chi connectivity index (χ4v) is 3.23. The minimum atomic E-state index is 0. The van der Waals surface area contributed by atoms with Crippen molar-refractivity contribution in [3.8, 4) is 0 Å². The Hall–Kier alpha value is -0.830. The van der Waals surface area contributed by atoms with Crippen molar-refractivity contribution in [3.05, 3.63) is 17.0 Å². The first-order chi connectivity index (χ1) is 10.7. The van der Waals surface area contributed by atoms with Gasteiger partial charge in [-0.1, -0.05) is 5.16 Å². The summed E-state index contributed by atoms with van der Waals surface area (Å²) in [4.78, 5) is 6.94. The van der Waals surface area contributed by atoms with E-state index in [0.29, 0.717) is 6.04 Å². The quantitative estimate of drug-likeness (QED) is 0.422. The number of aryl methyl sites for hydroxylation is 2. The summed E-state index contributed by atoms with van der Waals surface area (Å²) < 4.78 is 5.20. The molecule has 0 bridgehead atoms. The van der Waals surface area contributed by atoms with Crippen molar-refractivity contribution in [2.75, 3.05) is 26.7 Å². The van der Waals surface area contributed by atoms with Gasteiger partial charge in [-0.05, 0) is 39.5 Å². The molecule has 7 heteroatoms. The van der Waals surface area contributed by atoms with E-state index in [1.54, 1.807) is 0 Å². The molecular formula is C16H28IN5O. The van der Waals surface area contributed by atoms with Gasteiger partial charge < -0.3 is 15.2 Å². The molecule has 23 heavy (non-hydrogen) atoms. The van der Waals surface area contributed by atoms with E-state index in [2.05, 4.69) is 25.7 Å². The van der Waals surface area contributed by atoms with Gasteiger partial charge in [0.1, 0.15) is 5.76 Å². The maximum atomic E-state index is 5.20. The molecule has 130 valence electrons. The molecule has 3 rings (SSSR count). The van der Waals surface area contributed by atoms with Crippen molar-refractivity contribution >= 4 is 29.9 Å². The van der Waals surface area contributed by atoms with Crippen molar-refractivity contribution in [1.82, 2.24) is 20.7 Å². The van der Waals surface area contributed by atoms with Crippen molar-refractivity contribution in [2.24, 2.45) is 4.99 Å². The summed E-state index contributed by atoms with van der Waals surface area (Å²) in [5.74, 6) is 1.81. The summed E-state index contributed by atoms with van der Waals surface area (Å²) >= 11 is 0. The van der Waals surface area contributed by atoms with Crippen LogP contribution < -0.4 is 10.6 Å². The predicted octanol–water partition coefficient (Wildman–Crippen LogP) is 1.85. The standard InChI is InChI=1S/C16H27N5O.HI/c1-11-15(12(2)22-20-11)6-8-18-16(17-3)19-13-7-9-21(10-13)14-4-5-14;/h13-14H,4-10H2,1-3H3,(H2,17,18,19);1H. The largest absolute Gasteiger partial charge is 0.361 e. The summed E-state index contributed by atoms with van der Waals surface area (Å²) in [7, 11) is 1.83. The number of nitrogens with one attached hydrogen (secondary N) is 2. The molecule has 0 radical (unpaired) electrons. The van der Waals surface area contributed by atoms with E-state index in [1.807, 2.05) is 20.9 Å². The third kappa shape index (κ3) is 4.82. The summed E-state index contributed by atoms with van der Waals surface area (Å²) in [6, 6.07) is 1.38. The summed E-state index contributed by atoms with van der Waals surface area (Å²) in [6.45, 7) is 7.16. The Labute approximate surface area is 155 Å². The van der Waals surface area contributed by atoms with Crippen LogP contribution in [0.5, 0.6) is 0 Å². The lowest BCUT2D eigenvalue weighted by Gasteiger charge is -2.18. The van der Waals surface area contributed by atoms with Crippen LogP contribution in [0.15, 0.2) is 9.52 Å². The lowest BCUT2D eigenvalue weighted by molar-refractivity contribution is 0.321. The van der Waals surface area contributed by atoms with Crippen LogP contribution in [-0.2, 0) is 6.42 Å². The Balaban J connectivity index is 0.00000192. The van der Waals surface area contributed by atoms with Crippen LogP contribution in [0, 0.1) is 13.8 Å². The van der Waals surface area contributed by atoms with E-state index in [0.717, 1.165) is 43.0 Å². The van der Waals surface area contributed by atoms with Crippen molar-refractivity contribution in [2.45, 2.75) is 51.6 Å². The molecule has 0 amide bonds. The number of nitrogens with zero attached hydrogens (tertiary/aromatic N) is 3. The zero-order chi connectivity index (χ0) is 15.5. The molecule has 0 spiro atoms. The molecule has 2 N–H and O–H groups in total. The van der Waals surface area contributed by atoms with Gasteiger partial charge in [0.15, 0.2) is 5.96 Å². The fourth-order valence-electron chi connectivity index (χ4n) is 3.23. The smallest absolute Gasteiger partial charge is 0.191 e. The maximum Gasteiger partial charge on any atom is 0.191 e. The van der Waals surface area contributed by atoms with Crippen molar-refractivity contribution in [3.63, 3.8) is 0 Å². The van der Waals surface area contributed by atoms with Crippen LogP contribution in [0.4, 0.5) is 0 Å². The lowest BCUT2D eigenvalue weighted by Crippen LogP contribution is -2.45. The molecule has 1 atom stereocenters. The Kier molecular flexibility index (Phi) is 6.70. The van der Waals surface area contributed by atoms with Gasteiger partial charge in [-0.25, -0.2) is 0 Å². The second-order valence-corrected chi connectivity index (χ2v) is 6.41. The van der Waals surface area contributed by atoms with Crippen LogP contribution in [0.1, 0.15) is 36.3 Å². The van der Waals surface area contributed by atoms with E-state index < -0.39 is 0 Å². The van der Waals surface area contributed by atoms with E-state index in [9.17, 15) is 0 Å². The van der Waals surface area contributed by atoms with Gasteiger partial charge in [-0.15, -0.1) is 24.0 Å². The average molecular weight is 433 g/mol. The summed E-state index contributed by atoms with van der Waals surface area (Å²) in [5, 5.41) is 10.9. The van der Waals surface area contributed by atoms with Gasteiger partial charge in [-0.2, -0.15) is 0 Å². The highest BCUT2D eigenvalue weighted by atomic mass is 127. The Morgan fingerprint density at radius 1 is 1.35 bits per heavy atom. The fraction of sp³-hybridized carbons (Fsp3) is 0.750. The normalized spacial score (nSPS) is 22.0. The zero-order valence-corrected chi connectivity index (χ0v) is 16.6. The highest BCUT2D eigenvalue weighted by molar-refractivity contribution is 14.0. The van der Waals surface area contributed by atoms with E-state index in [4.69, 9.17) is 4.52 Å². The van der Waals surface area contributed by atoms with E-state index in [-0.39, 0.29) is 24.0 Å². The molecule has 0 aromatic carbocycles. The number of aliphatic imine (C=N–C) groups is 1. The Bertz CT molecular complexity index is 521. The molecule has 1 aromatic heterocycles. The van der Waals surface area contributed by atoms with Gasteiger partial charge in [0.05, 0.1) is 5.69 Å². The molecule has 2 heterocycles. The Morgan fingerprint density at radius 3 is 2.74 bits per heavy atom. The van der Waals surface area contributed by atoms with Crippen LogP contribution in [-0.4, -0.2) is 54.8 Å². The first-order valence-corrected chi connectivity index (χ1v) is 8.30. The molecule has 6 nitrogen and oxygen atoms in total. The molecule has 1 aliphatic carbocycles. The topological polar surface area (TPSA) is 65.7 Å². The van der Waals surface area contributed by atoms with Gasteiger partial charge in [0.2, 0.25) is 0 Å². The van der Waals surface area contributed by atoms with Crippen molar-refractivity contribution in [1.29, 1.82) is 0 Å². The number of aromatic nitrogens is 1. The molecule has 2 fully saturated rings. The molecule has 1 saturated carbocycles. The second kappa shape index (κ2) is 8.32. The Morgan fingerprint density at radius 2 is 2.13 bits per heavy atom. The number of hydrogen-bond acceptors (Lipinski definition) is 4. The van der Waals surface area contributed by atoms with Crippen molar-refractivity contribution < 1.29 is 4.52 Å². The maximum absolute atomic E-state index is 5.20. The summed E-state index contributed by atoms with van der Waals surface area (Å²) in [6.07, 6.45) is 4.88. The number of guanidine groups is 1. The van der Waals surface area contributed by atoms with Gasteiger partial charge in [0.25, 0.3) is 0 Å². The van der Waals surface area contributed by atoms with Gasteiger partial charge in [-0.3, -0.25) is 9.89 Å². The third-order valence-electron chi connectivity index (χ3n) is 4.70. The highest BCUT2D eigenvalue weighted by Crippen LogP contribution is 2.29. The zero-order valence-electron chi connectivity index (χ0n) is 14.3. The van der Waals surface area contributed by atoms with Crippen LogP contribution in [0.3, 0.4) is 0 Å². The van der Waals surface area contributed by atoms with Crippen LogP contribution >= 0.6 is 24.0 Å². The SMILES string of the molecule is CN=C(NCCc1c(C)noc1C)NC1CCN(C2CC2)C1.I. The first kappa shape index (κ1) is 18.5. The molecule has 1 aliphatic heterocycles. The van der Waals surface area contributed by atoms with E-state index >= 15 is 0 Å². The molecule has 1 unspecified atom stereocenters. The van der Waals surface area contributed by atoms with Crippen LogP contribution in [0.2, 0.25) is 0 Å². The van der Waals surface area contributed by atoms with Gasteiger partial charge in [0, 0.05) is 44.3 Å². The third-order valence-corrected chi connectivity index (χ3v) is 4.70. The average Bonchev–Trinajstić information content (AvgIpc) is 3.19. The first-order valence-electron chi connectivity index (χ1n) is 8.30. The second-order valence-electron chi connectivity index (χ2n) is 6.41. The lowest BCUT2D eigenvalue weighted by atomic mass is 10.1. The monoisotopic (exact) mass is 433 g/mol. The number of rotatable bonds is 5. The molecule has 2 aliphatic rings.